The number of aliphatic hydroxyl groups is 1. The maximum Gasteiger partial charge on any atom is 0.0545 e. The molecule has 0 heterocycles. The summed E-state index contributed by atoms with van der Waals surface area (Å²) in [6, 6.07) is 0. The van der Waals surface area contributed by atoms with E-state index in [2.05, 4.69) is 20.8 Å². The third-order valence-corrected chi connectivity index (χ3v) is 11.9. The molecule has 5 fully saturated rings. The monoisotopic (exact) mass is 416 g/mol. The Labute approximate surface area is 185 Å². The molecule has 5 rings (SSSR count). The van der Waals surface area contributed by atoms with Gasteiger partial charge in [-0.1, -0.05) is 26.7 Å². The zero-order valence-corrected chi connectivity index (χ0v) is 20.3. The number of hydrogen-bond donors (Lipinski definition) is 1. The average Bonchev–Trinajstić information content (AvgIpc) is 3.54. The molecule has 0 radical (unpaired) electrons. The molecule has 5 saturated carbocycles. The lowest BCUT2D eigenvalue weighted by atomic mass is 9.42. The highest BCUT2D eigenvalue weighted by Gasteiger charge is 2.60. The van der Waals surface area contributed by atoms with Gasteiger partial charge < -0.3 is 9.84 Å². The van der Waals surface area contributed by atoms with Crippen LogP contribution in [0, 0.1) is 51.8 Å². The van der Waals surface area contributed by atoms with Gasteiger partial charge in [-0.15, -0.1) is 0 Å². The molecule has 0 aromatic rings. The maximum absolute atomic E-state index is 10.6. The van der Waals surface area contributed by atoms with Crippen LogP contribution in [-0.2, 0) is 4.74 Å². The number of fused-ring (bicyclic) bond motifs is 5. The molecule has 0 aromatic carbocycles. The summed E-state index contributed by atoms with van der Waals surface area (Å²) in [6.45, 7) is 8.38. The minimum atomic E-state index is -0.132. The van der Waals surface area contributed by atoms with Crippen LogP contribution in [0.25, 0.3) is 0 Å². The largest absolute Gasteiger partial charge is 0.393 e. The molecule has 0 amide bonds. The second kappa shape index (κ2) is 7.75. The molecule has 5 aliphatic carbocycles. The molecule has 0 saturated heterocycles. The fourth-order valence-corrected chi connectivity index (χ4v) is 10.3. The van der Waals surface area contributed by atoms with Crippen LogP contribution in [0.2, 0.25) is 0 Å². The quantitative estimate of drug-likeness (QED) is 0.543. The summed E-state index contributed by atoms with van der Waals surface area (Å²) in [7, 11) is 1.94. The Hall–Kier alpha value is -0.0800. The molecule has 0 aliphatic heterocycles. The first-order valence-corrected chi connectivity index (χ1v) is 13.5. The first-order chi connectivity index (χ1) is 14.3. The van der Waals surface area contributed by atoms with Crippen LogP contribution in [0.4, 0.5) is 0 Å². The molecule has 9 unspecified atom stereocenters. The van der Waals surface area contributed by atoms with Crippen molar-refractivity contribution in [1.82, 2.24) is 0 Å². The summed E-state index contributed by atoms with van der Waals surface area (Å²) in [6.07, 6.45) is 18.3. The Bertz CT molecular complexity index is 626. The zero-order valence-electron chi connectivity index (χ0n) is 20.3. The Morgan fingerprint density at radius 1 is 0.833 bits per heavy atom. The van der Waals surface area contributed by atoms with Gasteiger partial charge >= 0.3 is 0 Å². The third-order valence-electron chi connectivity index (χ3n) is 11.9. The van der Waals surface area contributed by atoms with Crippen LogP contribution >= 0.6 is 0 Å². The molecule has 2 nitrogen and oxygen atoms in total. The molecule has 1 N–H and O–H groups in total. The van der Waals surface area contributed by atoms with Gasteiger partial charge in [0.1, 0.15) is 0 Å². The van der Waals surface area contributed by atoms with Gasteiger partial charge in [-0.25, -0.2) is 0 Å². The van der Waals surface area contributed by atoms with Gasteiger partial charge in [-0.3, -0.25) is 0 Å². The highest BCUT2D eigenvalue weighted by Crippen LogP contribution is 2.68. The van der Waals surface area contributed by atoms with Gasteiger partial charge in [-0.2, -0.15) is 0 Å². The smallest absolute Gasteiger partial charge is 0.0545 e. The second-order valence-corrected chi connectivity index (χ2v) is 13.1. The van der Waals surface area contributed by atoms with Gasteiger partial charge in [0.05, 0.1) is 12.7 Å². The summed E-state index contributed by atoms with van der Waals surface area (Å²) in [5, 5.41) is 10.6. The fourth-order valence-electron chi connectivity index (χ4n) is 10.3. The Morgan fingerprint density at radius 3 is 2.27 bits per heavy atom. The van der Waals surface area contributed by atoms with Crippen molar-refractivity contribution in [1.29, 1.82) is 0 Å². The predicted molar refractivity (Wildman–Crippen MR) is 123 cm³/mol. The van der Waals surface area contributed by atoms with E-state index in [0.717, 1.165) is 36.2 Å². The number of aliphatic hydroxyl groups excluding tert-OH is 1. The molecule has 0 spiro atoms. The van der Waals surface area contributed by atoms with Crippen molar-refractivity contribution in [2.24, 2.45) is 51.8 Å². The zero-order chi connectivity index (χ0) is 21.1. The number of hydrogen-bond acceptors (Lipinski definition) is 2. The minimum absolute atomic E-state index is 0.132. The molecular formula is C28H48O2. The summed E-state index contributed by atoms with van der Waals surface area (Å²) in [5.41, 5.74) is 1.43. The SMILES string of the molecule is COCC1(C2CC2)CCCC2(C)C(CCC3C2CCC2(C)C(C(C)O)CCCC32)C1. The van der Waals surface area contributed by atoms with E-state index >= 15 is 0 Å². The molecule has 0 bridgehead atoms. The highest BCUT2D eigenvalue weighted by molar-refractivity contribution is 5.10. The number of ether oxygens (including phenoxy) is 1. The van der Waals surface area contributed by atoms with Crippen molar-refractivity contribution in [3.05, 3.63) is 0 Å². The predicted octanol–water partition coefficient (Wildman–Crippen LogP) is 6.85. The Balaban J connectivity index is 1.41. The molecule has 9 atom stereocenters. The Kier molecular flexibility index (Phi) is 5.62. The molecule has 0 aromatic heterocycles. The van der Waals surface area contributed by atoms with Crippen LogP contribution in [0.1, 0.15) is 104 Å². The van der Waals surface area contributed by atoms with Gasteiger partial charge in [0.25, 0.3) is 0 Å². The van der Waals surface area contributed by atoms with Crippen molar-refractivity contribution >= 4 is 0 Å². The van der Waals surface area contributed by atoms with Crippen molar-refractivity contribution in [2.45, 2.75) is 110 Å². The topological polar surface area (TPSA) is 29.5 Å². The maximum atomic E-state index is 10.6. The normalized spacial score (nSPS) is 52.5. The summed E-state index contributed by atoms with van der Waals surface area (Å²) in [4.78, 5) is 0. The van der Waals surface area contributed by atoms with Crippen molar-refractivity contribution < 1.29 is 9.84 Å². The van der Waals surface area contributed by atoms with Gasteiger partial charge in [-0.05, 0) is 129 Å². The summed E-state index contributed by atoms with van der Waals surface area (Å²) >= 11 is 0. The van der Waals surface area contributed by atoms with Gasteiger partial charge in [0.2, 0.25) is 0 Å². The van der Waals surface area contributed by atoms with E-state index in [-0.39, 0.29) is 6.10 Å². The van der Waals surface area contributed by atoms with E-state index in [4.69, 9.17) is 4.74 Å². The molecular weight excluding hydrogens is 368 g/mol. The molecule has 172 valence electrons. The van der Waals surface area contributed by atoms with E-state index in [1.807, 2.05) is 7.11 Å². The van der Waals surface area contributed by atoms with E-state index in [9.17, 15) is 5.11 Å². The molecule has 5 aliphatic rings. The van der Waals surface area contributed by atoms with Crippen molar-refractivity contribution in [3.8, 4) is 0 Å². The van der Waals surface area contributed by atoms with Crippen molar-refractivity contribution in [3.63, 3.8) is 0 Å². The van der Waals surface area contributed by atoms with Crippen LogP contribution < -0.4 is 0 Å². The molecule has 30 heavy (non-hydrogen) atoms. The number of rotatable bonds is 4. The van der Waals surface area contributed by atoms with Gasteiger partial charge in [0.15, 0.2) is 0 Å². The van der Waals surface area contributed by atoms with E-state index < -0.39 is 0 Å². The highest BCUT2D eigenvalue weighted by atomic mass is 16.5. The standard InChI is InChI=1S/C28H48O2/c1-19(29)23-7-5-8-24-22-12-11-21-17-28(18-30-4,20-9-10-20)15-6-14-26(21,2)25(22)13-16-27(23,24)3/h19-25,29H,5-18H2,1-4H3. The van der Waals surface area contributed by atoms with E-state index in [1.165, 1.54) is 83.5 Å². The second-order valence-electron chi connectivity index (χ2n) is 13.1. The fraction of sp³-hybridized carbons (Fsp3) is 1.00. The van der Waals surface area contributed by atoms with E-state index in [1.54, 1.807) is 0 Å². The summed E-state index contributed by atoms with van der Waals surface area (Å²) < 4.78 is 5.86. The van der Waals surface area contributed by atoms with Crippen LogP contribution in [0.5, 0.6) is 0 Å². The van der Waals surface area contributed by atoms with Crippen LogP contribution in [0.3, 0.4) is 0 Å². The molecule has 2 heteroatoms. The summed E-state index contributed by atoms with van der Waals surface area (Å²) in [5.74, 6) is 5.11. The lowest BCUT2D eigenvalue weighted by Crippen LogP contribution is -2.56. The first-order valence-electron chi connectivity index (χ1n) is 13.5. The Morgan fingerprint density at radius 2 is 1.57 bits per heavy atom. The van der Waals surface area contributed by atoms with E-state index in [0.29, 0.717) is 22.2 Å². The average molecular weight is 417 g/mol. The number of methoxy groups -OCH3 is 1. The van der Waals surface area contributed by atoms with Crippen LogP contribution in [-0.4, -0.2) is 24.9 Å². The lowest BCUT2D eigenvalue weighted by Gasteiger charge is -2.63. The third kappa shape index (κ3) is 3.25. The van der Waals surface area contributed by atoms with Gasteiger partial charge in [0, 0.05) is 7.11 Å². The lowest BCUT2D eigenvalue weighted by molar-refractivity contribution is -0.151. The first kappa shape index (κ1) is 21.7. The minimum Gasteiger partial charge on any atom is -0.393 e. The van der Waals surface area contributed by atoms with Crippen molar-refractivity contribution in [2.75, 3.05) is 13.7 Å². The van der Waals surface area contributed by atoms with Crippen LogP contribution in [0.15, 0.2) is 0 Å².